The van der Waals surface area contributed by atoms with Crippen molar-refractivity contribution in [3.8, 4) is 11.3 Å². The smallest absolute Gasteiger partial charge is 0.305 e. The van der Waals surface area contributed by atoms with Crippen LogP contribution >= 0.6 is 34.5 Å². The van der Waals surface area contributed by atoms with Crippen LogP contribution < -0.4 is 10.2 Å². The Labute approximate surface area is 244 Å². The number of fused-ring (bicyclic) bond motifs is 1. The quantitative estimate of drug-likeness (QED) is 0.254. The SMILES string of the molecule is CC(C)Cc1sc(N(CCC(=O)O)Cc2ccccc2)nc1-c1cc(Cl)c(Cl)c(CC2N3CCNC[C@@]23C)c1. The number of hydrogen-bond donors (Lipinski definition) is 2. The van der Waals surface area contributed by atoms with Crippen LogP contribution in [0.4, 0.5) is 5.13 Å². The van der Waals surface area contributed by atoms with Crippen molar-refractivity contribution >= 4 is 45.6 Å². The monoisotopic (exact) mass is 586 g/mol. The fraction of sp³-hybridized carbons (Fsp3) is 0.467. The molecule has 3 atom stereocenters. The van der Waals surface area contributed by atoms with Crippen LogP contribution in [0.5, 0.6) is 0 Å². The number of piperazine rings is 1. The molecule has 0 amide bonds. The number of halogens is 2. The first-order chi connectivity index (χ1) is 18.7. The molecule has 0 saturated carbocycles. The first kappa shape index (κ1) is 28.4. The van der Waals surface area contributed by atoms with Gasteiger partial charge in [-0.2, -0.15) is 0 Å². The number of rotatable bonds is 11. The number of aromatic nitrogens is 1. The van der Waals surface area contributed by atoms with E-state index in [1.54, 1.807) is 11.3 Å². The van der Waals surface area contributed by atoms with Crippen LogP contribution in [0, 0.1) is 5.92 Å². The van der Waals surface area contributed by atoms with E-state index in [1.165, 1.54) is 4.88 Å². The highest BCUT2D eigenvalue weighted by molar-refractivity contribution is 7.16. The van der Waals surface area contributed by atoms with E-state index in [0.717, 1.165) is 60.0 Å². The van der Waals surface area contributed by atoms with Gasteiger partial charge in [0.1, 0.15) is 0 Å². The van der Waals surface area contributed by atoms with E-state index in [0.29, 0.717) is 35.1 Å². The number of nitrogens with one attached hydrogen (secondary N) is 1. The third-order valence-corrected chi connectivity index (χ3v) is 9.83. The maximum absolute atomic E-state index is 11.5. The third-order valence-electron chi connectivity index (χ3n) is 7.85. The molecule has 0 spiro atoms. The Kier molecular flexibility index (Phi) is 8.55. The van der Waals surface area contributed by atoms with Gasteiger partial charge in [0.25, 0.3) is 0 Å². The maximum atomic E-state index is 11.5. The van der Waals surface area contributed by atoms with Crippen molar-refractivity contribution in [2.45, 2.75) is 58.2 Å². The summed E-state index contributed by atoms with van der Waals surface area (Å²) in [5.74, 6) is -0.377. The molecule has 9 heteroatoms. The topological polar surface area (TPSA) is 68.5 Å². The van der Waals surface area contributed by atoms with Crippen molar-refractivity contribution in [2.75, 3.05) is 31.1 Å². The largest absolute Gasteiger partial charge is 0.481 e. The number of benzene rings is 2. The van der Waals surface area contributed by atoms with Crippen molar-refractivity contribution in [1.29, 1.82) is 0 Å². The third kappa shape index (κ3) is 6.28. The molecule has 1 aromatic heterocycles. The van der Waals surface area contributed by atoms with Crippen molar-refractivity contribution in [2.24, 2.45) is 5.92 Å². The maximum Gasteiger partial charge on any atom is 0.305 e. The average molecular weight is 588 g/mol. The molecule has 2 unspecified atom stereocenters. The van der Waals surface area contributed by atoms with Gasteiger partial charge in [-0.25, -0.2) is 4.98 Å². The lowest BCUT2D eigenvalue weighted by atomic mass is 9.97. The van der Waals surface area contributed by atoms with Crippen LogP contribution in [0.2, 0.25) is 10.0 Å². The number of thiazole rings is 1. The predicted molar refractivity (Wildman–Crippen MR) is 161 cm³/mol. The number of aliphatic carboxylic acids is 1. The lowest BCUT2D eigenvalue weighted by Crippen LogP contribution is -2.40. The van der Waals surface area contributed by atoms with Crippen LogP contribution in [0.3, 0.4) is 0 Å². The fourth-order valence-corrected chi connectivity index (χ4v) is 7.45. The van der Waals surface area contributed by atoms with Crippen molar-refractivity contribution < 1.29 is 9.90 Å². The normalized spacial score (nSPS) is 22.1. The highest BCUT2D eigenvalue weighted by Crippen LogP contribution is 2.46. The molecule has 39 heavy (non-hydrogen) atoms. The number of hydrogen-bond acceptors (Lipinski definition) is 6. The molecule has 0 bridgehead atoms. The van der Waals surface area contributed by atoms with E-state index >= 15 is 0 Å². The van der Waals surface area contributed by atoms with E-state index in [-0.39, 0.29) is 12.0 Å². The van der Waals surface area contributed by atoms with Gasteiger partial charge in [0.2, 0.25) is 0 Å². The van der Waals surface area contributed by atoms with E-state index in [9.17, 15) is 9.90 Å². The lowest BCUT2D eigenvalue weighted by molar-refractivity contribution is -0.136. The molecule has 3 heterocycles. The van der Waals surface area contributed by atoms with Gasteiger partial charge >= 0.3 is 5.97 Å². The van der Waals surface area contributed by atoms with Crippen LogP contribution in [0.1, 0.15) is 43.2 Å². The summed E-state index contributed by atoms with van der Waals surface area (Å²) >= 11 is 15.1. The number of nitrogens with zero attached hydrogens (tertiary/aromatic N) is 3. The van der Waals surface area contributed by atoms with Crippen molar-refractivity contribution in [3.63, 3.8) is 0 Å². The molecule has 0 radical (unpaired) electrons. The summed E-state index contributed by atoms with van der Waals surface area (Å²) in [5.41, 5.74) is 4.22. The van der Waals surface area contributed by atoms with Gasteiger partial charge in [-0.15, -0.1) is 11.3 Å². The summed E-state index contributed by atoms with van der Waals surface area (Å²) in [7, 11) is 0. The number of carbonyl (C=O) groups is 1. The first-order valence-corrected chi connectivity index (χ1v) is 15.2. The van der Waals surface area contributed by atoms with Gasteiger partial charge in [-0.3, -0.25) is 9.69 Å². The molecule has 5 rings (SSSR count). The molecule has 2 aliphatic rings. The van der Waals surface area contributed by atoms with Gasteiger partial charge in [0, 0.05) is 54.7 Å². The Morgan fingerprint density at radius 2 is 2.05 bits per heavy atom. The van der Waals surface area contributed by atoms with E-state index < -0.39 is 5.97 Å². The van der Waals surface area contributed by atoms with Crippen LogP contribution in [-0.4, -0.2) is 58.7 Å². The molecule has 2 aliphatic heterocycles. The molecule has 2 fully saturated rings. The summed E-state index contributed by atoms with van der Waals surface area (Å²) in [6.45, 7) is 10.8. The van der Waals surface area contributed by atoms with Gasteiger partial charge in [-0.1, -0.05) is 67.4 Å². The minimum Gasteiger partial charge on any atom is -0.481 e. The Balaban J connectivity index is 1.49. The minimum absolute atomic E-state index is 0.0453. The molecule has 2 N–H and O–H groups in total. The van der Waals surface area contributed by atoms with Crippen molar-refractivity contribution in [3.05, 3.63) is 68.5 Å². The second kappa shape index (κ2) is 11.8. The summed E-state index contributed by atoms with van der Waals surface area (Å²) in [6.07, 6.45) is 1.77. The van der Waals surface area contributed by atoms with E-state index in [4.69, 9.17) is 28.2 Å². The molecule has 0 aliphatic carbocycles. The molecule has 3 aromatic rings. The molecule has 2 saturated heterocycles. The number of carboxylic acids is 1. The van der Waals surface area contributed by atoms with Crippen LogP contribution in [0.15, 0.2) is 42.5 Å². The lowest BCUT2D eigenvalue weighted by Gasteiger charge is -2.21. The van der Waals surface area contributed by atoms with Gasteiger partial charge in [-0.05, 0) is 48.9 Å². The molecule has 2 aromatic carbocycles. The standard InChI is InChI=1S/C30H36Cl2N4O2S/c1-19(2)13-24-28(34-29(39-24)35(11-9-26(37)38)17-20-7-5-4-6-8-20)22-14-21(27(32)23(31)15-22)16-25-30(3)18-33-10-12-36(25)30/h4-8,14-15,19,25,33H,9-13,16-18H2,1-3H3,(H,37,38)/t25?,30-,36?/m0/s1. The molecule has 208 valence electrons. The average Bonchev–Trinajstić information content (AvgIpc) is 3.26. The minimum atomic E-state index is -0.818. The molecule has 6 nitrogen and oxygen atoms in total. The fourth-order valence-electron chi connectivity index (χ4n) is 5.71. The zero-order valence-electron chi connectivity index (χ0n) is 22.7. The van der Waals surface area contributed by atoms with Crippen LogP contribution in [0.25, 0.3) is 11.3 Å². The number of carboxylic acid groups (broad SMARTS) is 1. The Bertz CT molecular complexity index is 1330. The second-order valence-electron chi connectivity index (χ2n) is 11.3. The second-order valence-corrected chi connectivity index (χ2v) is 13.1. The van der Waals surface area contributed by atoms with Crippen molar-refractivity contribution in [1.82, 2.24) is 15.2 Å². The van der Waals surface area contributed by atoms with E-state index in [1.807, 2.05) is 24.3 Å². The Morgan fingerprint density at radius 1 is 1.28 bits per heavy atom. The summed E-state index contributed by atoms with van der Waals surface area (Å²) in [4.78, 5) is 22.4. The zero-order chi connectivity index (χ0) is 27.7. The highest BCUT2D eigenvalue weighted by atomic mass is 35.5. The highest BCUT2D eigenvalue weighted by Gasteiger charge is 2.59. The summed E-state index contributed by atoms with van der Waals surface area (Å²) < 4.78 is 0. The van der Waals surface area contributed by atoms with E-state index in [2.05, 4.69) is 54.1 Å². The zero-order valence-corrected chi connectivity index (χ0v) is 25.0. The first-order valence-electron chi connectivity index (χ1n) is 13.6. The van der Waals surface area contributed by atoms with Gasteiger partial charge in [0.05, 0.1) is 22.2 Å². The van der Waals surface area contributed by atoms with Gasteiger partial charge < -0.3 is 15.3 Å². The molecular weight excluding hydrogens is 551 g/mol. The number of anilines is 1. The van der Waals surface area contributed by atoms with Gasteiger partial charge in [0.15, 0.2) is 5.13 Å². The Morgan fingerprint density at radius 3 is 2.72 bits per heavy atom. The molecular formula is C30H36Cl2N4O2S. The summed E-state index contributed by atoms with van der Waals surface area (Å²) in [5, 5.41) is 14.9. The predicted octanol–water partition coefficient (Wildman–Crippen LogP) is 6.39. The summed E-state index contributed by atoms with van der Waals surface area (Å²) in [6, 6.07) is 14.6. The van der Waals surface area contributed by atoms with Crippen LogP contribution in [-0.2, 0) is 24.2 Å². The Hall–Kier alpha value is -2.16.